The van der Waals surface area contributed by atoms with Gasteiger partial charge in [0.1, 0.15) is 6.33 Å². The number of hydrogen-bond donors (Lipinski definition) is 1. The van der Waals surface area contributed by atoms with Crippen LogP contribution >= 0.6 is 0 Å². The second-order valence-electron chi connectivity index (χ2n) is 3.00. The van der Waals surface area contributed by atoms with Crippen molar-refractivity contribution < 1.29 is 0 Å². The molecule has 1 aromatic rings. The van der Waals surface area contributed by atoms with E-state index in [0.29, 0.717) is 5.69 Å². The highest BCUT2D eigenvalue weighted by atomic mass is 15.2. The lowest BCUT2D eigenvalue weighted by molar-refractivity contribution is 0.930. The van der Waals surface area contributed by atoms with Crippen LogP contribution in [0.4, 0.5) is 11.5 Å². The lowest BCUT2D eigenvalue weighted by Gasteiger charge is -2.16. The predicted molar refractivity (Wildman–Crippen MR) is 47.9 cm³/mol. The van der Waals surface area contributed by atoms with Gasteiger partial charge in [0.15, 0.2) is 5.82 Å². The van der Waals surface area contributed by atoms with Gasteiger partial charge in [-0.2, -0.15) is 0 Å². The molecule has 0 atom stereocenters. The third-order valence-electron chi connectivity index (χ3n) is 2.12. The quantitative estimate of drug-likeness (QED) is 0.662. The largest absolute Gasteiger partial charge is 0.394 e. The molecule has 4 nitrogen and oxygen atoms in total. The molecule has 0 spiro atoms. The van der Waals surface area contributed by atoms with Crippen molar-refractivity contribution in [3.05, 3.63) is 12.5 Å². The van der Waals surface area contributed by atoms with Gasteiger partial charge in [-0.3, -0.25) is 0 Å². The fourth-order valence-corrected chi connectivity index (χ4v) is 1.53. The van der Waals surface area contributed by atoms with Gasteiger partial charge in [0.2, 0.25) is 0 Å². The molecular weight excluding hydrogens is 152 g/mol. The lowest BCUT2D eigenvalue weighted by atomic mass is 10.4. The Morgan fingerprint density at radius 1 is 1.33 bits per heavy atom. The van der Waals surface area contributed by atoms with Crippen LogP contribution < -0.4 is 10.6 Å². The Hall–Kier alpha value is -1.32. The average molecular weight is 164 g/mol. The molecule has 1 fully saturated rings. The molecule has 12 heavy (non-hydrogen) atoms. The molecule has 0 radical (unpaired) electrons. The Kier molecular flexibility index (Phi) is 1.81. The highest BCUT2D eigenvalue weighted by Gasteiger charge is 2.15. The molecule has 2 rings (SSSR count). The summed E-state index contributed by atoms with van der Waals surface area (Å²) >= 11 is 0. The number of anilines is 2. The second-order valence-corrected chi connectivity index (χ2v) is 3.00. The molecular formula is C8H12N4. The highest BCUT2D eigenvalue weighted by molar-refractivity contribution is 5.61. The van der Waals surface area contributed by atoms with Crippen molar-refractivity contribution in [2.24, 2.45) is 0 Å². The number of nitrogen functional groups attached to an aromatic ring is 1. The van der Waals surface area contributed by atoms with Gasteiger partial charge in [-0.05, 0) is 12.8 Å². The molecule has 64 valence electrons. The van der Waals surface area contributed by atoms with E-state index in [9.17, 15) is 0 Å². The van der Waals surface area contributed by atoms with Crippen LogP contribution in [-0.4, -0.2) is 23.1 Å². The van der Waals surface area contributed by atoms with E-state index < -0.39 is 0 Å². The molecule has 1 aliphatic rings. The first-order valence-electron chi connectivity index (χ1n) is 4.18. The summed E-state index contributed by atoms with van der Waals surface area (Å²) in [6.07, 6.45) is 5.68. The molecule has 0 aromatic carbocycles. The van der Waals surface area contributed by atoms with E-state index in [-0.39, 0.29) is 0 Å². The molecule has 0 amide bonds. The van der Waals surface area contributed by atoms with Gasteiger partial charge in [-0.1, -0.05) is 0 Å². The fourth-order valence-electron chi connectivity index (χ4n) is 1.53. The maximum Gasteiger partial charge on any atom is 0.155 e. The third kappa shape index (κ3) is 1.20. The van der Waals surface area contributed by atoms with Crippen molar-refractivity contribution in [2.45, 2.75) is 12.8 Å². The summed E-state index contributed by atoms with van der Waals surface area (Å²) in [5.41, 5.74) is 6.41. The van der Waals surface area contributed by atoms with Crippen LogP contribution in [0.2, 0.25) is 0 Å². The van der Waals surface area contributed by atoms with E-state index in [1.807, 2.05) is 0 Å². The number of aromatic nitrogens is 2. The first-order valence-corrected chi connectivity index (χ1v) is 4.18. The van der Waals surface area contributed by atoms with Crippen LogP contribution in [0, 0.1) is 0 Å². The van der Waals surface area contributed by atoms with Crippen LogP contribution in [0.15, 0.2) is 12.5 Å². The molecule has 1 aliphatic heterocycles. The lowest BCUT2D eigenvalue weighted by Crippen LogP contribution is -2.20. The maximum atomic E-state index is 5.73. The summed E-state index contributed by atoms with van der Waals surface area (Å²) in [7, 11) is 0. The molecule has 2 N–H and O–H groups in total. The van der Waals surface area contributed by atoms with E-state index >= 15 is 0 Å². The number of hydrogen-bond acceptors (Lipinski definition) is 4. The minimum absolute atomic E-state index is 0.680. The number of nitrogens with two attached hydrogens (primary N) is 1. The molecule has 1 saturated heterocycles. The molecule has 4 heteroatoms. The van der Waals surface area contributed by atoms with E-state index in [1.54, 1.807) is 12.5 Å². The Morgan fingerprint density at radius 2 is 2.08 bits per heavy atom. The topological polar surface area (TPSA) is 55.0 Å². The predicted octanol–water partition coefficient (Wildman–Crippen LogP) is 0.659. The standard InChI is InChI=1S/C8H12N4/c9-7-5-10-6-11-8(7)12-3-1-2-4-12/h5-6H,1-4,9H2. The summed E-state index contributed by atoms with van der Waals surface area (Å²) in [5, 5.41) is 0. The fraction of sp³-hybridized carbons (Fsp3) is 0.500. The molecule has 0 unspecified atom stereocenters. The van der Waals surface area contributed by atoms with Gasteiger partial charge in [0.25, 0.3) is 0 Å². The Labute approximate surface area is 71.4 Å². The monoisotopic (exact) mass is 164 g/mol. The van der Waals surface area contributed by atoms with Gasteiger partial charge in [0, 0.05) is 13.1 Å². The SMILES string of the molecule is Nc1cncnc1N1CCCC1. The Balaban J connectivity index is 2.26. The smallest absolute Gasteiger partial charge is 0.155 e. The Bertz CT molecular complexity index is 268. The van der Waals surface area contributed by atoms with Gasteiger partial charge < -0.3 is 10.6 Å². The van der Waals surface area contributed by atoms with Crippen molar-refractivity contribution in [1.82, 2.24) is 9.97 Å². The van der Waals surface area contributed by atoms with E-state index in [2.05, 4.69) is 14.9 Å². The highest BCUT2D eigenvalue weighted by Crippen LogP contribution is 2.22. The van der Waals surface area contributed by atoms with Crippen LogP contribution in [0.3, 0.4) is 0 Å². The summed E-state index contributed by atoms with van der Waals surface area (Å²) in [6.45, 7) is 2.14. The van der Waals surface area contributed by atoms with Crippen LogP contribution in [0.25, 0.3) is 0 Å². The van der Waals surface area contributed by atoms with Gasteiger partial charge in [-0.25, -0.2) is 9.97 Å². The maximum absolute atomic E-state index is 5.73. The van der Waals surface area contributed by atoms with E-state index in [1.165, 1.54) is 12.8 Å². The number of rotatable bonds is 1. The molecule has 1 aromatic heterocycles. The molecule has 0 bridgehead atoms. The van der Waals surface area contributed by atoms with Crippen LogP contribution in [0.5, 0.6) is 0 Å². The minimum atomic E-state index is 0.680. The zero-order valence-corrected chi connectivity index (χ0v) is 6.90. The van der Waals surface area contributed by atoms with Crippen LogP contribution in [-0.2, 0) is 0 Å². The summed E-state index contributed by atoms with van der Waals surface area (Å²) in [5.74, 6) is 0.891. The zero-order valence-electron chi connectivity index (χ0n) is 6.90. The van der Waals surface area contributed by atoms with Crippen molar-refractivity contribution in [2.75, 3.05) is 23.7 Å². The van der Waals surface area contributed by atoms with Gasteiger partial charge in [-0.15, -0.1) is 0 Å². The third-order valence-corrected chi connectivity index (χ3v) is 2.12. The van der Waals surface area contributed by atoms with Gasteiger partial charge in [0.05, 0.1) is 11.9 Å². The normalized spacial score (nSPS) is 16.8. The van der Waals surface area contributed by atoms with Crippen molar-refractivity contribution in [3.8, 4) is 0 Å². The van der Waals surface area contributed by atoms with E-state index in [0.717, 1.165) is 18.9 Å². The zero-order chi connectivity index (χ0) is 8.39. The Morgan fingerprint density at radius 3 is 2.75 bits per heavy atom. The molecule has 0 saturated carbocycles. The van der Waals surface area contributed by atoms with Crippen molar-refractivity contribution >= 4 is 11.5 Å². The number of nitrogens with zero attached hydrogens (tertiary/aromatic N) is 3. The van der Waals surface area contributed by atoms with E-state index in [4.69, 9.17) is 5.73 Å². The minimum Gasteiger partial charge on any atom is -0.394 e. The molecule has 0 aliphatic carbocycles. The molecule has 2 heterocycles. The van der Waals surface area contributed by atoms with Crippen molar-refractivity contribution in [1.29, 1.82) is 0 Å². The van der Waals surface area contributed by atoms with Crippen molar-refractivity contribution in [3.63, 3.8) is 0 Å². The summed E-state index contributed by atoms with van der Waals surface area (Å²) < 4.78 is 0. The first kappa shape index (κ1) is 7.34. The summed E-state index contributed by atoms with van der Waals surface area (Å²) in [4.78, 5) is 10.2. The first-order chi connectivity index (χ1) is 5.88. The second kappa shape index (κ2) is 2.97. The van der Waals surface area contributed by atoms with Gasteiger partial charge >= 0.3 is 0 Å². The van der Waals surface area contributed by atoms with Crippen LogP contribution in [0.1, 0.15) is 12.8 Å². The average Bonchev–Trinajstić information content (AvgIpc) is 2.57. The summed E-state index contributed by atoms with van der Waals surface area (Å²) in [6, 6.07) is 0.